The summed E-state index contributed by atoms with van der Waals surface area (Å²) in [7, 11) is 1.71. The minimum absolute atomic E-state index is 0.0331. The molecule has 1 aliphatic heterocycles. The van der Waals surface area contributed by atoms with Crippen molar-refractivity contribution in [2.45, 2.75) is 0 Å². The monoisotopic (exact) mass is 464 g/mol. The van der Waals surface area contributed by atoms with E-state index in [0.717, 1.165) is 46.5 Å². The molecule has 4 heterocycles. The van der Waals surface area contributed by atoms with Gasteiger partial charge in [-0.1, -0.05) is 18.7 Å². The molecule has 8 heteroatoms. The summed E-state index contributed by atoms with van der Waals surface area (Å²) in [5, 5.41) is 14.0. The van der Waals surface area contributed by atoms with Crippen molar-refractivity contribution in [3.63, 3.8) is 0 Å². The van der Waals surface area contributed by atoms with Gasteiger partial charge in [-0.05, 0) is 41.5 Å². The highest BCUT2D eigenvalue weighted by molar-refractivity contribution is 5.88. The second-order valence-corrected chi connectivity index (χ2v) is 8.53. The van der Waals surface area contributed by atoms with Crippen LogP contribution in [-0.2, 0) is 11.8 Å². The fourth-order valence-electron chi connectivity index (χ4n) is 4.48. The topological polar surface area (TPSA) is 86.6 Å². The molecule has 5 rings (SSSR count). The molecule has 0 unspecified atom stereocenters. The predicted molar refractivity (Wildman–Crippen MR) is 135 cm³/mol. The minimum atomic E-state index is -0.0958. The highest BCUT2D eigenvalue weighted by atomic mass is 16.2. The van der Waals surface area contributed by atoms with Gasteiger partial charge in [-0.3, -0.25) is 9.59 Å². The van der Waals surface area contributed by atoms with Gasteiger partial charge in [-0.15, -0.1) is 0 Å². The molecule has 35 heavy (non-hydrogen) atoms. The van der Waals surface area contributed by atoms with Gasteiger partial charge in [0.15, 0.2) is 0 Å². The highest BCUT2D eigenvalue weighted by Gasteiger charge is 2.20. The Morgan fingerprint density at radius 1 is 1.06 bits per heavy atom. The number of carbonyl (C=O) groups excluding carboxylic acids is 1. The maximum Gasteiger partial charge on any atom is 0.250 e. The van der Waals surface area contributed by atoms with E-state index in [2.05, 4.69) is 34.8 Å². The number of nitriles is 1. The lowest BCUT2D eigenvalue weighted by atomic mass is 9.99. The van der Waals surface area contributed by atoms with Crippen LogP contribution in [0.15, 0.2) is 78.5 Å². The maximum absolute atomic E-state index is 12.2. The Hall–Kier alpha value is -4.64. The number of amides is 1. The first-order chi connectivity index (χ1) is 17.0. The summed E-state index contributed by atoms with van der Waals surface area (Å²) in [5.74, 6) is -0.0331. The van der Waals surface area contributed by atoms with Gasteiger partial charge >= 0.3 is 0 Å². The van der Waals surface area contributed by atoms with Crippen molar-refractivity contribution in [1.29, 1.82) is 5.26 Å². The molecular weight excluding hydrogens is 440 g/mol. The third-order valence-electron chi connectivity index (χ3n) is 6.48. The zero-order valence-electron chi connectivity index (χ0n) is 19.4. The zero-order chi connectivity index (χ0) is 24.5. The number of aromatic nitrogens is 3. The van der Waals surface area contributed by atoms with Crippen molar-refractivity contribution in [2.75, 3.05) is 31.1 Å². The smallest absolute Gasteiger partial charge is 0.250 e. The van der Waals surface area contributed by atoms with Crippen LogP contribution in [0.4, 0.5) is 5.69 Å². The Bertz CT molecular complexity index is 1530. The Labute approximate surface area is 202 Å². The average molecular weight is 465 g/mol. The average Bonchev–Trinajstić information content (AvgIpc) is 3.32. The van der Waals surface area contributed by atoms with E-state index in [1.54, 1.807) is 34.9 Å². The van der Waals surface area contributed by atoms with Crippen LogP contribution in [0.1, 0.15) is 5.56 Å². The van der Waals surface area contributed by atoms with Crippen molar-refractivity contribution < 1.29 is 4.79 Å². The minimum Gasteiger partial charge on any atom is -0.368 e. The summed E-state index contributed by atoms with van der Waals surface area (Å²) in [5.41, 5.74) is 5.63. The number of aryl methyl sites for hydroxylation is 1. The van der Waals surface area contributed by atoms with Crippen LogP contribution in [0, 0.1) is 11.3 Å². The summed E-state index contributed by atoms with van der Waals surface area (Å²) >= 11 is 0. The standard InChI is InChI=1S/C27H24N6O2/c1-3-25(34)32-12-10-31(11-13-32)23-6-4-19(5-7-23)24-14-21(20-8-9-30(2)26(35)15-20)18-33-27(24)22(16-28)17-29-33/h3-9,14-15,17-18H,1,10-13H2,2H3. The van der Waals surface area contributed by atoms with E-state index in [-0.39, 0.29) is 11.5 Å². The third kappa shape index (κ3) is 4.08. The fourth-order valence-corrected chi connectivity index (χ4v) is 4.48. The predicted octanol–water partition coefficient (Wildman–Crippen LogP) is 3.07. The SMILES string of the molecule is C=CC(=O)N1CCN(c2ccc(-c3cc(-c4ccn(C)c(=O)c4)cn4ncc(C#N)c34)cc2)CC1. The van der Waals surface area contributed by atoms with Gasteiger partial charge in [-0.25, -0.2) is 4.52 Å². The molecule has 1 saturated heterocycles. The number of benzene rings is 1. The van der Waals surface area contributed by atoms with Crippen molar-refractivity contribution in [3.8, 4) is 28.3 Å². The number of fused-ring (bicyclic) bond motifs is 1. The Morgan fingerprint density at radius 3 is 2.46 bits per heavy atom. The molecule has 1 aliphatic rings. The highest BCUT2D eigenvalue weighted by Crippen LogP contribution is 2.33. The van der Waals surface area contributed by atoms with E-state index in [1.165, 1.54) is 10.6 Å². The molecule has 1 aromatic carbocycles. The van der Waals surface area contributed by atoms with Gasteiger partial charge in [0.2, 0.25) is 5.91 Å². The molecule has 174 valence electrons. The van der Waals surface area contributed by atoms with E-state index in [1.807, 2.05) is 30.5 Å². The van der Waals surface area contributed by atoms with Crippen molar-refractivity contribution in [2.24, 2.45) is 7.05 Å². The molecule has 1 amide bonds. The van der Waals surface area contributed by atoms with Crippen LogP contribution in [0.2, 0.25) is 0 Å². The largest absolute Gasteiger partial charge is 0.368 e. The first-order valence-corrected chi connectivity index (χ1v) is 11.3. The summed E-state index contributed by atoms with van der Waals surface area (Å²) in [6, 6.07) is 15.9. The van der Waals surface area contributed by atoms with Gasteiger partial charge in [0, 0.05) is 68.5 Å². The van der Waals surface area contributed by atoms with Gasteiger partial charge in [0.05, 0.1) is 17.3 Å². The number of piperazine rings is 1. The second-order valence-electron chi connectivity index (χ2n) is 8.53. The molecule has 0 spiro atoms. The first-order valence-electron chi connectivity index (χ1n) is 11.3. The number of nitrogens with zero attached hydrogens (tertiary/aromatic N) is 6. The fraction of sp³-hybridized carbons (Fsp3) is 0.185. The maximum atomic E-state index is 12.2. The van der Waals surface area contributed by atoms with E-state index < -0.39 is 0 Å². The molecule has 0 aliphatic carbocycles. The van der Waals surface area contributed by atoms with E-state index >= 15 is 0 Å². The van der Waals surface area contributed by atoms with E-state index in [0.29, 0.717) is 18.7 Å². The first kappa shape index (κ1) is 22.2. The lowest BCUT2D eigenvalue weighted by molar-refractivity contribution is -0.126. The molecule has 0 bridgehead atoms. The molecule has 3 aromatic heterocycles. The zero-order valence-corrected chi connectivity index (χ0v) is 19.4. The van der Waals surface area contributed by atoms with E-state index in [9.17, 15) is 14.9 Å². The number of hydrogen-bond acceptors (Lipinski definition) is 5. The van der Waals surface area contributed by atoms with Crippen LogP contribution >= 0.6 is 0 Å². The Balaban J connectivity index is 1.51. The molecule has 0 atom stereocenters. The summed E-state index contributed by atoms with van der Waals surface area (Å²) in [6.07, 6.45) is 6.50. The van der Waals surface area contributed by atoms with Crippen LogP contribution in [0.5, 0.6) is 0 Å². The molecule has 0 N–H and O–H groups in total. The lowest BCUT2D eigenvalue weighted by Crippen LogP contribution is -2.48. The van der Waals surface area contributed by atoms with Crippen molar-refractivity contribution in [1.82, 2.24) is 19.1 Å². The quantitative estimate of drug-likeness (QED) is 0.433. The van der Waals surface area contributed by atoms with Gasteiger partial charge < -0.3 is 14.4 Å². The van der Waals surface area contributed by atoms with Crippen molar-refractivity contribution >= 4 is 17.1 Å². The molecular formula is C27H24N6O2. The molecule has 1 fully saturated rings. The second kappa shape index (κ2) is 8.95. The number of rotatable bonds is 4. The molecule has 0 saturated carbocycles. The lowest BCUT2D eigenvalue weighted by Gasteiger charge is -2.35. The normalized spacial score (nSPS) is 13.6. The van der Waals surface area contributed by atoms with Crippen LogP contribution in [-0.4, -0.2) is 51.2 Å². The van der Waals surface area contributed by atoms with Crippen LogP contribution in [0.25, 0.3) is 27.8 Å². The number of pyridine rings is 2. The summed E-state index contributed by atoms with van der Waals surface area (Å²) in [4.78, 5) is 28.1. The molecule has 0 radical (unpaired) electrons. The van der Waals surface area contributed by atoms with Crippen molar-refractivity contribution in [3.05, 3.63) is 89.6 Å². The Kier molecular flexibility index (Phi) is 5.67. The number of hydrogen-bond donors (Lipinski definition) is 0. The van der Waals surface area contributed by atoms with E-state index in [4.69, 9.17) is 0 Å². The van der Waals surface area contributed by atoms with Gasteiger partial charge in [0.1, 0.15) is 6.07 Å². The third-order valence-corrected chi connectivity index (χ3v) is 6.48. The summed E-state index contributed by atoms with van der Waals surface area (Å²) < 4.78 is 3.22. The molecule has 8 nitrogen and oxygen atoms in total. The summed E-state index contributed by atoms with van der Waals surface area (Å²) in [6.45, 7) is 6.39. The van der Waals surface area contributed by atoms with Gasteiger partial charge in [0.25, 0.3) is 5.56 Å². The van der Waals surface area contributed by atoms with Crippen LogP contribution in [0.3, 0.4) is 0 Å². The van der Waals surface area contributed by atoms with Gasteiger partial charge in [-0.2, -0.15) is 10.4 Å². The number of anilines is 1. The molecule has 4 aromatic rings. The number of carbonyl (C=O) groups is 1. The van der Waals surface area contributed by atoms with Crippen LogP contribution < -0.4 is 10.5 Å². The Morgan fingerprint density at radius 2 is 1.80 bits per heavy atom.